The first-order valence-corrected chi connectivity index (χ1v) is 7.52. The van der Waals surface area contributed by atoms with Crippen molar-refractivity contribution in [2.45, 2.75) is 20.3 Å². The lowest BCUT2D eigenvalue weighted by Gasteiger charge is -2.17. The zero-order valence-corrected chi connectivity index (χ0v) is 12.8. The third kappa shape index (κ3) is 3.76. The maximum atomic E-state index is 12.2. The first-order chi connectivity index (χ1) is 10.2. The summed E-state index contributed by atoms with van der Waals surface area (Å²) in [5.41, 5.74) is 8.03. The zero-order valence-electron chi connectivity index (χ0n) is 12.8. The van der Waals surface area contributed by atoms with Crippen LogP contribution in [0.5, 0.6) is 0 Å². The number of H-pyrrole nitrogens is 1. The Labute approximate surface area is 125 Å². The zero-order chi connectivity index (χ0) is 15.2. The number of amides is 1. The number of hydrogen-bond donors (Lipinski definition) is 3. The largest absolute Gasteiger partial charge is 0.399 e. The summed E-state index contributed by atoms with van der Waals surface area (Å²) in [6.07, 6.45) is 2.70. The minimum absolute atomic E-state index is 0.0496. The van der Waals surface area contributed by atoms with E-state index in [-0.39, 0.29) is 5.91 Å². The van der Waals surface area contributed by atoms with Crippen molar-refractivity contribution in [3.8, 4) is 0 Å². The molecule has 5 heteroatoms. The second-order valence-corrected chi connectivity index (χ2v) is 5.14. The number of nitrogen functional groups attached to an aromatic ring is 1. The lowest BCUT2D eigenvalue weighted by Crippen LogP contribution is -2.29. The van der Waals surface area contributed by atoms with Crippen molar-refractivity contribution < 1.29 is 4.79 Å². The van der Waals surface area contributed by atoms with Crippen LogP contribution < -0.4 is 11.1 Å². The quantitative estimate of drug-likeness (QED) is 0.540. The summed E-state index contributed by atoms with van der Waals surface area (Å²) in [5.74, 6) is -0.0496. The van der Waals surface area contributed by atoms with Crippen LogP contribution in [-0.4, -0.2) is 42.0 Å². The van der Waals surface area contributed by atoms with Crippen molar-refractivity contribution in [1.82, 2.24) is 15.2 Å². The molecule has 0 aliphatic rings. The number of anilines is 1. The molecule has 0 spiro atoms. The van der Waals surface area contributed by atoms with E-state index in [1.807, 2.05) is 18.2 Å². The molecule has 0 fully saturated rings. The van der Waals surface area contributed by atoms with Gasteiger partial charge in [0.2, 0.25) is 0 Å². The predicted molar refractivity (Wildman–Crippen MR) is 87.4 cm³/mol. The van der Waals surface area contributed by atoms with E-state index in [0.29, 0.717) is 17.8 Å². The smallest absolute Gasteiger partial charge is 0.253 e. The molecule has 114 valence electrons. The molecule has 1 amide bonds. The van der Waals surface area contributed by atoms with Crippen LogP contribution in [0.25, 0.3) is 10.9 Å². The highest BCUT2D eigenvalue weighted by Crippen LogP contribution is 2.20. The molecule has 0 saturated carbocycles. The minimum atomic E-state index is -0.0496. The van der Waals surface area contributed by atoms with Gasteiger partial charge in [-0.2, -0.15) is 0 Å². The Morgan fingerprint density at radius 2 is 2.10 bits per heavy atom. The first-order valence-electron chi connectivity index (χ1n) is 7.52. The van der Waals surface area contributed by atoms with Gasteiger partial charge in [-0.05, 0) is 44.3 Å². The summed E-state index contributed by atoms with van der Waals surface area (Å²) in [6.45, 7) is 8.09. The van der Waals surface area contributed by atoms with Crippen molar-refractivity contribution in [3.63, 3.8) is 0 Å². The van der Waals surface area contributed by atoms with Gasteiger partial charge in [0, 0.05) is 29.3 Å². The number of nitrogens with zero attached hydrogens (tertiary/aromatic N) is 1. The van der Waals surface area contributed by atoms with Gasteiger partial charge in [0.25, 0.3) is 5.91 Å². The van der Waals surface area contributed by atoms with Gasteiger partial charge in [-0.1, -0.05) is 13.8 Å². The molecule has 1 aromatic carbocycles. The number of rotatable bonds is 7. The Bertz CT molecular complexity index is 601. The van der Waals surface area contributed by atoms with E-state index in [9.17, 15) is 4.79 Å². The van der Waals surface area contributed by atoms with Crippen molar-refractivity contribution >= 4 is 22.5 Å². The van der Waals surface area contributed by atoms with Crippen molar-refractivity contribution in [2.24, 2.45) is 0 Å². The van der Waals surface area contributed by atoms with E-state index in [4.69, 9.17) is 5.73 Å². The lowest BCUT2D eigenvalue weighted by atomic mass is 10.1. The SMILES string of the molecule is CCN(CC)CCCNC(=O)c1c[nH]c2ccc(N)cc12. The maximum absolute atomic E-state index is 12.2. The van der Waals surface area contributed by atoms with Crippen LogP contribution >= 0.6 is 0 Å². The van der Waals surface area contributed by atoms with Crippen LogP contribution in [-0.2, 0) is 0 Å². The van der Waals surface area contributed by atoms with E-state index in [1.54, 1.807) is 6.20 Å². The number of hydrogen-bond acceptors (Lipinski definition) is 3. The lowest BCUT2D eigenvalue weighted by molar-refractivity contribution is 0.0953. The number of carbonyl (C=O) groups excluding carboxylic acids is 1. The van der Waals surface area contributed by atoms with Crippen molar-refractivity contribution in [2.75, 3.05) is 31.9 Å². The van der Waals surface area contributed by atoms with Gasteiger partial charge in [-0.25, -0.2) is 0 Å². The Morgan fingerprint density at radius 1 is 1.33 bits per heavy atom. The van der Waals surface area contributed by atoms with E-state index >= 15 is 0 Å². The third-order valence-corrected chi connectivity index (χ3v) is 3.78. The van der Waals surface area contributed by atoms with Gasteiger partial charge in [0.15, 0.2) is 0 Å². The number of fused-ring (bicyclic) bond motifs is 1. The predicted octanol–water partition coefficient (Wildman–Crippen LogP) is 2.21. The summed E-state index contributed by atoms with van der Waals surface area (Å²) < 4.78 is 0. The molecular weight excluding hydrogens is 264 g/mol. The Hall–Kier alpha value is -2.01. The van der Waals surface area contributed by atoms with Crippen LogP contribution in [0.3, 0.4) is 0 Å². The molecular formula is C16H24N4O. The average molecular weight is 288 g/mol. The second kappa shape index (κ2) is 7.13. The van der Waals surface area contributed by atoms with Crippen molar-refractivity contribution in [3.05, 3.63) is 30.0 Å². The second-order valence-electron chi connectivity index (χ2n) is 5.14. The van der Waals surface area contributed by atoms with E-state index < -0.39 is 0 Å². The molecule has 0 aliphatic carbocycles. The van der Waals surface area contributed by atoms with Gasteiger partial charge < -0.3 is 20.9 Å². The Morgan fingerprint density at radius 3 is 2.81 bits per heavy atom. The number of aromatic nitrogens is 1. The number of nitrogens with two attached hydrogens (primary N) is 1. The fourth-order valence-corrected chi connectivity index (χ4v) is 2.47. The van der Waals surface area contributed by atoms with Crippen molar-refractivity contribution in [1.29, 1.82) is 0 Å². The van der Waals surface area contributed by atoms with Crippen LogP contribution in [0.2, 0.25) is 0 Å². The number of benzene rings is 1. The van der Waals surface area contributed by atoms with Crippen LogP contribution in [0, 0.1) is 0 Å². The fraction of sp³-hybridized carbons (Fsp3) is 0.438. The van der Waals surface area contributed by atoms with Crippen LogP contribution in [0.15, 0.2) is 24.4 Å². The topological polar surface area (TPSA) is 74.2 Å². The molecule has 2 rings (SSSR count). The molecule has 0 saturated heterocycles. The molecule has 1 aromatic heterocycles. The van der Waals surface area contributed by atoms with E-state index in [1.165, 1.54) is 0 Å². The summed E-state index contributed by atoms with van der Waals surface area (Å²) in [7, 11) is 0. The number of nitrogens with one attached hydrogen (secondary N) is 2. The van der Waals surface area contributed by atoms with E-state index in [2.05, 4.69) is 29.0 Å². The molecule has 2 aromatic rings. The summed E-state index contributed by atoms with van der Waals surface area (Å²) in [5, 5.41) is 3.85. The average Bonchev–Trinajstić information content (AvgIpc) is 2.90. The highest BCUT2D eigenvalue weighted by atomic mass is 16.1. The molecule has 21 heavy (non-hydrogen) atoms. The van der Waals surface area contributed by atoms with Crippen LogP contribution in [0.1, 0.15) is 30.6 Å². The molecule has 0 aliphatic heterocycles. The molecule has 5 nitrogen and oxygen atoms in total. The minimum Gasteiger partial charge on any atom is -0.399 e. The standard InChI is InChI=1S/C16H24N4O/c1-3-20(4-2)9-5-8-18-16(21)14-11-19-15-7-6-12(17)10-13(14)15/h6-7,10-11,19H,3-5,8-9,17H2,1-2H3,(H,18,21). The van der Waals surface area contributed by atoms with Gasteiger partial charge in [-0.3, -0.25) is 4.79 Å². The molecule has 0 radical (unpaired) electrons. The molecule has 0 bridgehead atoms. The summed E-state index contributed by atoms with van der Waals surface area (Å²) >= 11 is 0. The van der Waals surface area contributed by atoms with Gasteiger partial charge in [0.1, 0.15) is 0 Å². The molecule has 0 atom stereocenters. The highest BCUT2D eigenvalue weighted by molar-refractivity contribution is 6.07. The third-order valence-electron chi connectivity index (χ3n) is 3.78. The fourth-order valence-electron chi connectivity index (χ4n) is 2.47. The summed E-state index contributed by atoms with van der Waals surface area (Å²) in [6, 6.07) is 5.54. The van der Waals surface area contributed by atoms with E-state index in [0.717, 1.165) is 37.0 Å². The monoisotopic (exact) mass is 288 g/mol. The normalized spacial score (nSPS) is 11.2. The Kier molecular flexibility index (Phi) is 5.22. The number of carbonyl (C=O) groups is 1. The molecule has 0 unspecified atom stereocenters. The summed E-state index contributed by atoms with van der Waals surface area (Å²) in [4.78, 5) is 17.7. The number of aromatic amines is 1. The Balaban J connectivity index is 1.92. The maximum Gasteiger partial charge on any atom is 0.253 e. The van der Waals surface area contributed by atoms with Gasteiger partial charge in [-0.15, -0.1) is 0 Å². The molecule has 4 N–H and O–H groups in total. The van der Waals surface area contributed by atoms with Gasteiger partial charge >= 0.3 is 0 Å². The highest BCUT2D eigenvalue weighted by Gasteiger charge is 2.11. The van der Waals surface area contributed by atoms with Crippen LogP contribution in [0.4, 0.5) is 5.69 Å². The van der Waals surface area contributed by atoms with Gasteiger partial charge in [0.05, 0.1) is 5.56 Å². The molecule has 1 heterocycles. The first kappa shape index (κ1) is 15.4.